The summed E-state index contributed by atoms with van der Waals surface area (Å²) in [7, 11) is 0. The van der Waals surface area contributed by atoms with Gasteiger partial charge >= 0.3 is 0 Å². The van der Waals surface area contributed by atoms with Gasteiger partial charge in [0.25, 0.3) is 0 Å². The highest BCUT2D eigenvalue weighted by molar-refractivity contribution is 5.71. The van der Waals surface area contributed by atoms with Crippen molar-refractivity contribution in [2.45, 2.75) is 13.0 Å². The van der Waals surface area contributed by atoms with Crippen molar-refractivity contribution in [1.82, 2.24) is 9.97 Å². The summed E-state index contributed by atoms with van der Waals surface area (Å²) in [6.45, 7) is 1.99. The van der Waals surface area contributed by atoms with Gasteiger partial charge in [-0.05, 0) is 24.6 Å². The fourth-order valence-electron chi connectivity index (χ4n) is 2.31. The number of anilines is 2. The highest BCUT2D eigenvalue weighted by Crippen LogP contribution is 2.29. The topological polar surface area (TPSA) is 101 Å². The van der Waals surface area contributed by atoms with Crippen molar-refractivity contribution in [3.05, 3.63) is 59.9 Å². The first-order valence-electron chi connectivity index (χ1n) is 7.12. The predicted molar refractivity (Wildman–Crippen MR) is 87.3 cm³/mol. The van der Waals surface area contributed by atoms with Crippen LogP contribution in [-0.2, 0) is 0 Å². The van der Waals surface area contributed by atoms with Crippen LogP contribution in [-0.4, -0.2) is 9.97 Å². The molecule has 0 bridgehead atoms. The van der Waals surface area contributed by atoms with Gasteiger partial charge in [-0.1, -0.05) is 30.3 Å². The molecule has 1 atom stereocenters. The van der Waals surface area contributed by atoms with Gasteiger partial charge in [0, 0.05) is 6.04 Å². The molecule has 2 aromatic heterocycles. The van der Waals surface area contributed by atoms with E-state index in [-0.39, 0.29) is 12.0 Å². The molecule has 6 heteroatoms. The molecule has 0 saturated heterocycles. The van der Waals surface area contributed by atoms with Crippen molar-refractivity contribution in [3.8, 4) is 17.5 Å². The normalized spacial score (nSPS) is 11.7. The third-order valence-corrected chi connectivity index (χ3v) is 3.45. The first kappa shape index (κ1) is 14.6. The van der Waals surface area contributed by atoms with Crippen LogP contribution in [0.2, 0.25) is 0 Å². The number of aromatic nitrogens is 2. The van der Waals surface area contributed by atoms with E-state index >= 15 is 0 Å². The lowest BCUT2D eigenvalue weighted by atomic mass is 10.1. The molecule has 0 aliphatic rings. The van der Waals surface area contributed by atoms with Gasteiger partial charge < -0.3 is 15.5 Å². The number of nitrogens with one attached hydrogen (secondary N) is 1. The number of nitrogens with two attached hydrogens (primary N) is 1. The molecule has 3 aromatic rings. The Kier molecular flexibility index (Phi) is 3.93. The lowest BCUT2D eigenvalue weighted by molar-refractivity contribution is 0.579. The largest absolute Gasteiger partial charge is 0.463 e. The van der Waals surface area contributed by atoms with Crippen molar-refractivity contribution in [2.24, 2.45) is 0 Å². The predicted octanol–water partition coefficient (Wildman–Crippen LogP) is 3.36. The van der Waals surface area contributed by atoms with Crippen molar-refractivity contribution >= 4 is 11.8 Å². The van der Waals surface area contributed by atoms with Gasteiger partial charge in [0.05, 0.1) is 6.26 Å². The number of nitrogens with zero attached hydrogens (tertiary/aromatic N) is 3. The fourth-order valence-corrected chi connectivity index (χ4v) is 2.31. The summed E-state index contributed by atoms with van der Waals surface area (Å²) in [5.74, 6) is 0.951. The molecule has 0 aliphatic carbocycles. The minimum Gasteiger partial charge on any atom is -0.463 e. The van der Waals surface area contributed by atoms with Gasteiger partial charge in [-0.15, -0.1) is 0 Å². The van der Waals surface area contributed by atoms with Gasteiger partial charge in [0.2, 0.25) is 5.95 Å². The van der Waals surface area contributed by atoms with Crippen molar-refractivity contribution in [1.29, 1.82) is 5.26 Å². The molecule has 0 spiro atoms. The van der Waals surface area contributed by atoms with Crippen LogP contribution < -0.4 is 11.1 Å². The number of nitriles is 1. The maximum absolute atomic E-state index is 9.52. The Morgan fingerprint density at radius 1 is 1.17 bits per heavy atom. The maximum atomic E-state index is 9.52. The summed E-state index contributed by atoms with van der Waals surface area (Å²) in [5.41, 5.74) is 7.55. The average Bonchev–Trinajstić information content (AvgIpc) is 3.09. The summed E-state index contributed by atoms with van der Waals surface area (Å²) < 4.78 is 5.34. The van der Waals surface area contributed by atoms with E-state index in [0.29, 0.717) is 22.8 Å². The van der Waals surface area contributed by atoms with E-state index in [4.69, 9.17) is 10.2 Å². The van der Waals surface area contributed by atoms with E-state index in [1.54, 1.807) is 12.1 Å². The van der Waals surface area contributed by atoms with E-state index in [1.807, 2.05) is 37.3 Å². The molecule has 1 unspecified atom stereocenters. The van der Waals surface area contributed by atoms with Crippen molar-refractivity contribution in [2.75, 3.05) is 11.1 Å². The molecule has 2 heterocycles. The molecule has 6 nitrogen and oxygen atoms in total. The Bertz CT molecular complexity index is 837. The molecular weight excluding hydrogens is 290 g/mol. The van der Waals surface area contributed by atoms with Crippen LogP contribution in [0.1, 0.15) is 24.1 Å². The Morgan fingerprint density at radius 3 is 2.61 bits per heavy atom. The number of furan rings is 1. The monoisotopic (exact) mass is 305 g/mol. The first-order chi connectivity index (χ1) is 11.2. The second kappa shape index (κ2) is 6.20. The highest BCUT2D eigenvalue weighted by Gasteiger charge is 2.18. The third-order valence-electron chi connectivity index (χ3n) is 3.45. The molecule has 0 saturated carbocycles. The Labute approximate surface area is 133 Å². The molecule has 114 valence electrons. The summed E-state index contributed by atoms with van der Waals surface area (Å²) in [5, 5.41) is 12.7. The Morgan fingerprint density at radius 2 is 1.96 bits per heavy atom. The molecule has 0 aliphatic heterocycles. The molecule has 1 aromatic carbocycles. The van der Waals surface area contributed by atoms with E-state index < -0.39 is 0 Å². The van der Waals surface area contributed by atoms with Crippen LogP contribution >= 0.6 is 0 Å². The SMILES string of the molecule is CC(Nc1nc(N)nc(-c2ccco2)c1C#N)c1ccccc1. The van der Waals surface area contributed by atoms with Gasteiger partial charge in [-0.25, -0.2) is 4.98 Å². The summed E-state index contributed by atoms with van der Waals surface area (Å²) in [6.07, 6.45) is 1.52. The summed E-state index contributed by atoms with van der Waals surface area (Å²) in [6, 6.07) is 15.4. The zero-order chi connectivity index (χ0) is 16.2. The standard InChI is InChI=1S/C17H15N5O/c1-11(12-6-3-2-4-7-12)20-16-13(10-18)15(21-17(19)22-16)14-8-5-9-23-14/h2-9,11H,1H3,(H3,19,20,21,22). The molecule has 3 N–H and O–H groups in total. The minimum absolute atomic E-state index is 0.0398. The minimum atomic E-state index is -0.0398. The van der Waals surface area contributed by atoms with E-state index in [1.165, 1.54) is 6.26 Å². The van der Waals surface area contributed by atoms with E-state index in [2.05, 4.69) is 21.4 Å². The average molecular weight is 305 g/mol. The molecule has 23 heavy (non-hydrogen) atoms. The second-order valence-electron chi connectivity index (χ2n) is 5.02. The van der Waals surface area contributed by atoms with Gasteiger partial charge in [-0.3, -0.25) is 0 Å². The lowest BCUT2D eigenvalue weighted by Crippen LogP contribution is -2.12. The third kappa shape index (κ3) is 2.99. The van der Waals surface area contributed by atoms with Gasteiger partial charge in [0.1, 0.15) is 17.3 Å². The number of benzene rings is 1. The number of hydrogen-bond acceptors (Lipinski definition) is 6. The van der Waals surface area contributed by atoms with Gasteiger partial charge in [0.15, 0.2) is 11.6 Å². The van der Waals surface area contributed by atoms with Crippen LogP contribution in [0, 0.1) is 11.3 Å². The maximum Gasteiger partial charge on any atom is 0.222 e. The van der Waals surface area contributed by atoms with Gasteiger partial charge in [-0.2, -0.15) is 10.2 Å². The summed E-state index contributed by atoms with van der Waals surface area (Å²) in [4.78, 5) is 8.31. The fraction of sp³-hybridized carbons (Fsp3) is 0.118. The zero-order valence-electron chi connectivity index (χ0n) is 12.5. The highest BCUT2D eigenvalue weighted by atomic mass is 16.3. The van der Waals surface area contributed by atoms with Crippen LogP contribution in [0.3, 0.4) is 0 Å². The molecule has 3 rings (SSSR count). The van der Waals surface area contributed by atoms with Crippen molar-refractivity contribution in [3.63, 3.8) is 0 Å². The number of hydrogen-bond donors (Lipinski definition) is 2. The van der Waals surface area contributed by atoms with Crippen LogP contribution in [0.5, 0.6) is 0 Å². The number of rotatable bonds is 4. The smallest absolute Gasteiger partial charge is 0.222 e. The molecule has 0 amide bonds. The lowest BCUT2D eigenvalue weighted by Gasteiger charge is -2.16. The van der Waals surface area contributed by atoms with Crippen LogP contribution in [0.25, 0.3) is 11.5 Å². The van der Waals surface area contributed by atoms with Crippen LogP contribution in [0.15, 0.2) is 53.1 Å². The second-order valence-corrected chi connectivity index (χ2v) is 5.02. The Balaban J connectivity index is 2.01. The van der Waals surface area contributed by atoms with E-state index in [9.17, 15) is 5.26 Å². The van der Waals surface area contributed by atoms with Crippen molar-refractivity contribution < 1.29 is 4.42 Å². The zero-order valence-corrected chi connectivity index (χ0v) is 12.5. The molecule has 0 radical (unpaired) electrons. The molecular formula is C17H15N5O. The molecule has 0 fully saturated rings. The van der Waals surface area contributed by atoms with E-state index in [0.717, 1.165) is 5.56 Å². The first-order valence-corrected chi connectivity index (χ1v) is 7.12. The van der Waals surface area contributed by atoms with Crippen LogP contribution in [0.4, 0.5) is 11.8 Å². The Hall–Kier alpha value is -3.33. The number of nitrogen functional groups attached to an aromatic ring is 1. The quantitative estimate of drug-likeness (QED) is 0.766. The summed E-state index contributed by atoms with van der Waals surface area (Å²) >= 11 is 0.